The molecular formula is C18H21FN2O3S. The highest BCUT2D eigenvalue weighted by Crippen LogP contribution is 2.18. The molecule has 25 heavy (non-hydrogen) atoms. The van der Waals surface area contributed by atoms with Crippen LogP contribution in [0.4, 0.5) is 10.1 Å². The average molecular weight is 364 g/mol. The van der Waals surface area contributed by atoms with E-state index in [2.05, 4.69) is 11.9 Å². The molecule has 0 amide bonds. The summed E-state index contributed by atoms with van der Waals surface area (Å²) in [5.74, 6) is -0.197. The summed E-state index contributed by atoms with van der Waals surface area (Å²) in [6.45, 7) is 4.52. The van der Waals surface area contributed by atoms with Crippen molar-refractivity contribution in [2.24, 2.45) is 0 Å². The van der Waals surface area contributed by atoms with Gasteiger partial charge in [-0.2, -0.15) is 4.31 Å². The van der Waals surface area contributed by atoms with Crippen molar-refractivity contribution in [2.45, 2.75) is 4.90 Å². The van der Waals surface area contributed by atoms with Crippen LogP contribution in [0.1, 0.15) is 0 Å². The fourth-order valence-corrected chi connectivity index (χ4v) is 3.26. The molecule has 0 radical (unpaired) electrons. The molecule has 0 aliphatic rings. The Morgan fingerprint density at radius 3 is 2.52 bits per heavy atom. The predicted molar refractivity (Wildman–Crippen MR) is 96.8 cm³/mol. The van der Waals surface area contributed by atoms with E-state index in [1.165, 1.54) is 35.6 Å². The van der Waals surface area contributed by atoms with Gasteiger partial charge in [0.15, 0.2) is 11.6 Å². The molecule has 0 aliphatic carbocycles. The molecule has 0 bridgehead atoms. The number of nitrogens with zero attached hydrogens (tertiary/aromatic N) is 1. The van der Waals surface area contributed by atoms with Gasteiger partial charge in [0, 0.05) is 25.8 Å². The van der Waals surface area contributed by atoms with E-state index in [0.717, 1.165) is 5.69 Å². The molecule has 2 aromatic rings. The highest BCUT2D eigenvalue weighted by atomic mass is 32.2. The third kappa shape index (κ3) is 5.04. The van der Waals surface area contributed by atoms with E-state index >= 15 is 0 Å². The monoisotopic (exact) mass is 364 g/mol. The van der Waals surface area contributed by atoms with Gasteiger partial charge in [0.25, 0.3) is 0 Å². The molecule has 7 heteroatoms. The van der Waals surface area contributed by atoms with Gasteiger partial charge in [-0.1, -0.05) is 18.2 Å². The van der Waals surface area contributed by atoms with E-state index in [1.807, 2.05) is 0 Å². The second-order valence-corrected chi connectivity index (χ2v) is 7.35. The minimum absolute atomic E-state index is 0.205. The van der Waals surface area contributed by atoms with Crippen LogP contribution in [0.3, 0.4) is 0 Å². The van der Waals surface area contributed by atoms with Gasteiger partial charge in [0.2, 0.25) is 10.0 Å². The Hall–Kier alpha value is -2.38. The number of benzene rings is 2. The Morgan fingerprint density at radius 2 is 1.88 bits per heavy atom. The van der Waals surface area contributed by atoms with Crippen LogP contribution in [0.5, 0.6) is 5.75 Å². The van der Waals surface area contributed by atoms with Crippen molar-refractivity contribution in [1.82, 2.24) is 4.31 Å². The van der Waals surface area contributed by atoms with Gasteiger partial charge in [-0.15, -0.1) is 6.58 Å². The van der Waals surface area contributed by atoms with E-state index in [-0.39, 0.29) is 23.8 Å². The van der Waals surface area contributed by atoms with Gasteiger partial charge in [-0.05, 0) is 36.4 Å². The molecule has 0 fully saturated rings. The zero-order chi connectivity index (χ0) is 18.3. The van der Waals surface area contributed by atoms with Crippen LogP contribution in [0, 0.1) is 5.82 Å². The third-order valence-corrected chi connectivity index (χ3v) is 5.31. The maximum absolute atomic E-state index is 13.4. The number of hydrogen-bond donors (Lipinski definition) is 1. The molecule has 0 spiro atoms. The smallest absolute Gasteiger partial charge is 0.243 e. The first-order chi connectivity index (χ1) is 11.9. The second-order valence-electron chi connectivity index (χ2n) is 5.30. The van der Waals surface area contributed by atoms with Crippen molar-refractivity contribution in [3.05, 3.63) is 67.0 Å². The summed E-state index contributed by atoms with van der Waals surface area (Å²) >= 11 is 0. The highest BCUT2D eigenvalue weighted by molar-refractivity contribution is 7.89. The maximum Gasteiger partial charge on any atom is 0.243 e. The topological polar surface area (TPSA) is 58.6 Å². The number of hydrogen-bond acceptors (Lipinski definition) is 4. The third-order valence-electron chi connectivity index (χ3n) is 3.47. The van der Waals surface area contributed by atoms with E-state index in [9.17, 15) is 12.8 Å². The number of likely N-dealkylation sites (N-methyl/N-ethyl adjacent to an activating group) is 1. The zero-order valence-corrected chi connectivity index (χ0v) is 14.8. The van der Waals surface area contributed by atoms with E-state index in [1.54, 1.807) is 30.3 Å². The standard InChI is InChI=1S/C18H21FN2O3S/c1-3-13-21(2)25(22,23)16-10-8-15(9-11-16)20-12-14-24-18-7-5-4-6-17(18)19/h3-11,20H,1,12-14H2,2H3. The largest absolute Gasteiger partial charge is 0.489 e. The van der Waals surface area contributed by atoms with Crippen molar-refractivity contribution < 1.29 is 17.5 Å². The Bertz CT molecular complexity index is 807. The summed E-state index contributed by atoms with van der Waals surface area (Å²) in [6, 6.07) is 12.6. The van der Waals surface area contributed by atoms with Crippen molar-refractivity contribution in [3.8, 4) is 5.75 Å². The van der Waals surface area contributed by atoms with Crippen molar-refractivity contribution in [1.29, 1.82) is 0 Å². The molecule has 0 atom stereocenters. The minimum atomic E-state index is -3.52. The van der Waals surface area contributed by atoms with Crippen molar-refractivity contribution >= 4 is 15.7 Å². The normalized spacial score (nSPS) is 11.3. The Morgan fingerprint density at radius 1 is 1.20 bits per heavy atom. The lowest BCUT2D eigenvalue weighted by Gasteiger charge is -2.15. The first-order valence-electron chi connectivity index (χ1n) is 7.73. The maximum atomic E-state index is 13.4. The quantitative estimate of drug-likeness (QED) is 0.549. The molecule has 2 rings (SSSR count). The fraction of sp³-hybridized carbons (Fsp3) is 0.222. The summed E-state index contributed by atoms with van der Waals surface area (Å²) < 4.78 is 44.5. The van der Waals surface area contributed by atoms with Crippen LogP contribution in [-0.4, -0.2) is 39.5 Å². The molecule has 1 N–H and O–H groups in total. The SMILES string of the molecule is C=CCN(C)S(=O)(=O)c1ccc(NCCOc2ccccc2F)cc1. The van der Waals surface area contributed by atoms with Crippen molar-refractivity contribution in [3.63, 3.8) is 0 Å². The summed E-state index contributed by atoms with van der Waals surface area (Å²) in [6.07, 6.45) is 1.53. The average Bonchev–Trinajstić information content (AvgIpc) is 2.61. The lowest BCUT2D eigenvalue weighted by Crippen LogP contribution is -2.26. The van der Waals surface area contributed by atoms with E-state index in [0.29, 0.717) is 6.54 Å². The second kappa shape index (κ2) is 8.64. The lowest BCUT2D eigenvalue weighted by atomic mass is 10.3. The Kier molecular flexibility index (Phi) is 6.55. The molecule has 0 heterocycles. The molecule has 2 aromatic carbocycles. The molecule has 5 nitrogen and oxygen atoms in total. The number of halogens is 1. The first kappa shape index (κ1) is 19.0. The molecule has 0 unspecified atom stereocenters. The van der Waals surface area contributed by atoms with Crippen molar-refractivity contribution in [2.75, 3.05) is 32.1 Å². The number of para-hydroxylation sites is 1. The van der Waals surface area contributed by atoms with E-state index in [4.69, 9.17) is 4.74 Å². The summed E-state index contributed by atoms with van der Waals surface area (Å²) in [7, 11) is -2.01. The number of anilines is 1. The van der Waals surface area contributed by atoms with Gasteiger partial charge < -0.3 is 10.1 Å². The molecule has 0 saturated carbocycles. The van der Waals surface area contributed by atoms with Gasteiger partial charge in [-0.25, -0.2) is 12.8 Å². The molecule has 0 aromatic heterocycles. The predicted octanol–water partition coefficient (Wildman–Crippen LogP) is 3.12. The fourth-order valence-electron chi connectivity index (χ4n) is 2.12. The zero-order valence-electron chi connectivity index (χ0n) is 14.0. The molecule has 134 valence electrons. The van der Waals surface area contributed by atoms with Crippen LogP contribution < -0.4 is 10.1 Å². The van der Waals surface area contributed by atoms with Gasteiger partial charge in [0.1, 0.15) is 6.61 Å². The Balaban J connectivity index is 1.88. The van der Waals surface area contributed by atoms with Crippen LogP contribution in [0.15, 0.2) is 66.1 Å². The minimum Gasteiger partial charge on any atom is -0.489 e. The van der Waals surface area contributed by atoms with Gasteiger partial charge in [0.05, 0.1) is 4.90 Å². The number of ether oxygens (including phenoxy) is 1. The summed E-state index contributed by atoms with van der Waals surface area (Å²) in [5, 5.41) is 3.10. The van der Waals surface area contributed by atoms with Gasteiger partial charge in [-0.3, -0.25) is 0 Å². The van der Waals surface area contributed by atoms with Gasteiger partial charge >= 0.3 is 0 Å². The Labute approximate surface area is 147 Å². The van der Waals surface area contributed by atoms with Crippen LogP contribution in [0.2, 0.25) is 0 Å². The number of nitrogens with one attached hydrogen (secondary N) is 1. The van der Waals surface area contributed by atoms with Crippen LogP contribution >= 0.6 is 0 Å². The number of rotatable bonds is 9. The summed E-state index contributed by atoms with van der Waals surface area (Å²) in [5.41, 5.74) is 0.752. The van der Waals surface area contributed by atoms with E-state index < -0.39 is 15.8 Å². The molecular weight excluding hydrogens is 343 g/mol. The first-order valence-corrected chi connectivity index (χ1v) is 9.17. The van der Waals surface area contributed by atoms with Crippen LogP contribution in [0.25, 0.3) is 0 Å². The molecule has 0 saturated heterocycles. The van der Waals surface area contributed by atoms with Crippen LogP contribution in [-0.2, 0) is 10.0 Å². The number of sulfonamides is 1. The lowest BCUT2D eigenvalue weighted by molar-refractivity contribution is 0.315. The molecule has 0 aliphatic heterocycles. The summed E-state index contributed by atoms with van der Waals surface area (Å²) in [4.78, 5) is 0.213. The highest BCUT2D eigenvalue weighted by Gasteiger charge is 2.19.